The highest BCUT2D eigenvalue weighted by atomic mass is 16.5. The molecule has 0 radical (unpaired) electrons. The van der Waals surface area contributed by atoms with E-state index in [2.05, 4.69) is 4.99 Å². The van der Waals surface area contributed by atoms with E-state index in [-0.39, 0.29) is 0 Å². The molecule has 2 unspecified atom stereocenters. The van der Waals surface area contributed by atoms with Crippen molar-refractivity contribution in [3.05, 3.63) is 41.5 Å². The van der Waals surface area contributed by atoms with Gasteiger partial charge in [0.15, 0.2) is 6.23 Å². The topological polar surface area (TPSA) is 111 Å². The standard InChI is InChI=1S/C14H21N3O3/c1-3-9(8-12(16-2)14(19)17-20)10-5-4-6-11(7-10)13(15)18/h4-8,13-14,17-20H,3,15H2,1-2H3/b9-8+,16-12?. The molecule has 1 aromatic carbocycles. The van der Waals surface area contributed by atoms with Crippen LogP contribution in [0.1, 0.15) is 30.7 Å². The van der Waals surface area contributed by atoms with Gasteiger partial charge in [-0.05, 0) is 35.3 Å². The number of hydroxylamine groups is 1. The molecule has 1 rings (SSSR count). The maximum Gasteiger partial charge on any atom is 0.168 e. The second-order valence-corrected chi connectivity index (χ2v) is 4.27. The van der Waals surface area contributed by atoms with E-state index >= 15 is 0 Å². The first-order valence-electron chi connectivity index (χ1n) is 6.32. The molecule has 0 spiro atoms. The Morgan fingerprint density at radius 3 is 2.65 bits per heavy atom. The lowest BCUT2D eigenvalue weighted by Gasteiger charge is -2.12. The monoisotopic (exact) mass is 279 g/mol. The average Bonchev–Trinajstić information content (AvgIpc) is 2.48. The van der Waals surface area contributed by atoms with Gasteiger partial charge in [0.1, 0.15) is 6.23 Å². The van der Waals surface area contributed by atoms with Gasteiger partial charge in [0.2, 0.25) is 0 Å². The Kier molecular flexibility index (Phi) is 6.50. The van der Waals surface area contributed by atoms with Gasteiger partial charge in [0.25, 0.3) is 0 Å². The molecule has 0 aliphatic rings. The Balaban J connectivity index is 3.15. The fraction of sp³-hybridized carbons (Fsp3) is 0.357. The van der Waals surface area contributed by atoms with Crippen LogP contribution in [0.15, 0.2) is 35.3 Å². The summed E-state index contributed by atoms with van der Waals surface area (Å²) in [7, 11) is 1.53. The predicted octanol–water partition coefficient (Wildman–Crippen LogP) is 0.798. The smallest absolute Gasteiger partial charge is 0.168 e. The number of aliphatic hydroxyl groups excluding tert-OH is 2. The van der Waals surface area contributed by atoms with Gasteiger partial charge in [-0.2, -0.15) is 5.48 Å². The van der Waals surface area contributed by atoms with E-state index in [0.29, 0.717) is 17.7 Å². The number of aliphatic hydroxyl groups is 2. The molecule has 0 saturated carbocycles. The van der Waals surface area contributed by atoms with Gasteiger partial charge in [-0.25, -0.2) is 0 Å². The average molecular weight is 279 g/mol. The quantitative estimate of drug-likeness (QED) is 0.300. The van der Waals surface area contributed by atoms with Gasteiger partial charge in [0, 0.05) is 7.05 Å². The first kappa shape index (κ1) is 16.5. The normalized spacial score (nSPS) is 16.1. The third kappa shape index (κ3) is 4.22. The van der Waals surface area contributed by atoms with Crippen LogP contribution in [-0.4, -0.2) is 34.4 Å². The fourth-order valence-corrected chi connectivity index (χ4v) is 1.82. The van der Waals surface area contributed by atoms with Crippen LogP contribution in [0.5, 0.6) is 0 Å². The van der Waals surface area contributed by atoms with E-state index in [0.717, 1.165) is 11.1 Å². The highest BCUT2D eigenvalue weighted by molar-refractivity contribution is 6.03. The van der Waals surface area contributed by atoms with Crippen LogP contribution >= 0.6 is 0 Å². The van der Waals surface area contributed by atoms with Gasteiger partial charge in [-0.15, -0.1) is 0 Å². The molecule has 0 saturated heterocycles. The van der Waals surface area contributed by atoms with Crippen LogP contribution in [0.3, 0.4) is 0 Å². The van der Waals surface area contributed by atoms with Crippen LogP contribution in [-0.2, 0) is 0 Å². The van der Waals surface area contributed by atoms with Gasteiger partial charge < -0.3 is 21.2 Å². The van der Waals surface area contributed by atoms with E-state index < -0.39 is 12.5 Å². The van der Waals surface area contributed by atoms with Crippen molar-refractivity contribution in [1.82, 2.24) is 5.48 Å². The molecule has 0 bridgehead atoms. The third-order valence-corrected chi connectivity index (χ3v) is 2.96. The number of rotatable bonds is 6. The molecule has 110 valence electrons. The van der Waals surface area contributed by atoms with Crippen LogP contribution in [0, 0.1) is 0 Å². The maximum atomic E-state index is 9.56. The first-order valence-corrected chi connectivity index (χ1v) is 6.32. The molecule has 0 amide bonds. The minimum Gasteiger partial charge on any atom is -0.375 e. The Bertz CT molecular complexity index is 498. The van der Waals surface area contributed by atoms with Crippen LogP contribution in [0.25, 0.3) is 5.57 Å². The Morgan fingerprint density at radius 1 is 1.45 bits per heavy atom. The zero-order chi connectivity index (χ0) is 15.1. The highest BCUT2D eigenvalue weighted by Crippen LogP contribution is 2.21. The number of nitrogens with two attached hydrogens (primary N) is 1. The summed E-state index contributed by atoms with van der Waals surface area (Å²) in [5.74, 6) is 0. The van der Waals surface area contributed by atoms with Crippen molar-refractivity contribution < 1.29 is 15.4 Å². The molecule has 6 heteroatoms. The summed E-state index contributed by atoms with van der Waals surface area (Å²) >= 11 is 0. The molecular weight excluding hydrogens is 258 g/mol. The molecule has 0 aromatic heterocycles. The van der Waals surface area contributed by atoms with Crippen molar-refractivity contribution >= 4 is 11.3 Å². The molecule has 6 nitrogen and oxygen atoms in total. The van der Waals surface area contributed by atoms with Crippen molar-refractivity contribution in [2.75, 3.05) is 7.05 Å². The SMILES string of the molecule is CC/C(=C\C(=NC)C(O)NO)c1cccc(C(N)O)c1. The summed E-state index contributed by atoms with van der Waals surface area (Å²) in [5.41, 5.74) is 9.90. The van der Waals surface area contributed by atoms with E-state index in [1.54, 1.807) is 29.8 Å². The summed E-state index contributed by atoms with van der Waals surface area (Å²) in [6, 6.07) is 7.20. The number of nitrogens with zero attached hydrogens (tertiary/aromatic N) is 1. The van der Waals surface area contributed by atoms with Gasteiger partial charge in [-0.1, -0.05) is 25.1 Å². The first-order chi connectivity index (χ1) is 9.53. The van der Waals surface area contributed by atoms with Gasteiger partial charge in [-0.3, -0.25) is 4.99 Å². The molecule has 0 aliphatic heterocycles. The largest absolute Gasteiger partial charge is 0.375 e. The lowest BCUT2D eigenvalue weighted by molar-refractivity contribution is 0.0439. The maximum absolute atomic E-state index is 9.56. The summed E-state index contributed by atoms with van der Waals surface area (Å²) in [5, 5.41) is 27.7. The van der Waals surface area contributed by atoms with Crippen LogP contribution < -0.4 is 11.2 Å². The minimum atomic E-state index is -1.25. The number of hydrogen-bond donors (Lipinski definition) is 5. The fourth-order valence-electron chi connectivity index (χ4n) is 1.82. The van der Waals surface area contributed by atoms with Crippen molar-refractivity contribution in [2.45, 2.75) is 25.8 Å². The summed E-state index contributed by atoms with van der Waals surface area (Å²) in [6.07, 6.45) is 0.110. The Morgan fingerprint density at radius 2 is 2.15 bits per heavy atom. The van der Waals surface area contributed by atoms with Gasteiger partial charge in [0.05, 0.1) is 5.71 Å². The molecule has 20 heavy (non-hydrogen) atoms. The lowest BCUT2D eigenvalue weighted by Crippen LogP contribution is -2.33. The summed E-state index contributed by atoms with van der Waals surface area (Å²) < 4.78 is 0. The molecule has 1 aromatic rings. The summed E-state index contributed by atoms with van der Waals surface area (Å²) in [4.78, 5) is 3.92. The van der Waals surface area contributed by atoms with Crippen LogP contribution in [0.2, 0.25) is 0 Å². The second kappa shape index (κ2) is 7.88. The predicted molar refractivity (Wildman–Crippen MR) is 78.1 cm³/mol. The van der Waals surface area contributed by atoms with E-state index in [1.165, 1.54) is 7.05 Å². The van der Waals surface area contributed by atoms with E-state index in [1.807, 2.05) is 13.0 Å². The molecule has 0 fully saturated rings. The Hall–Kier alpha value is -1.57. The number of benzene rings is 1. The van der Waals surface area contributed by atoms with Crippen molar-refractivity contribution in [3.63, 3.8) is 0 Å². The number of aliphatic imine (C=N–C) groups is 1. The summed E-state index contributed by atoms with van der Waals surface area (Å²) in [6.45, 7) is 1.96. The van der Waals surface area contributed by atoms with E-state index in [9.17, 15) is 10.2 Å². The van der Waals surface area contributed by atoms with Crippen molar-refractivity contribution in [2.24, 2.45) is 10.7 Å². The molecular formula is C14H21N3O3. The number of allylic oxidation sites excluding steroid dienone is 1. The number of hydrogen-bond acceptors (Lipinski definition) is 6. The lowest BCUT2D eigenvalue weighted by atomic mass is 9.99. The Labute approximate surface area is 118 Å². The second-order valence-electron chi connectivity index (χ2n) is 4.27. The zero-order valence-corrected chi connectivity index (χ0v) is 11.6. The zero-order valence-electron chi connectivity index (χ0n) is 11.6. The van der Waals surface area contributed by atoms with Gasteiger partial charge >= 0.3 is 0 Å². The molecule has 2 atom stereocenters. The number of nitrogens with one attached hydrogen (secondary N) is 1. The molecule has 0 heterocycles. The van der Waals surface area contributed by atoms with E-state index in [4.69, 9.17) is 10.9 Å². The molecule has 6 N–H and O–H groups in total. The molecule has 0 aliphatic carbocycles. The minimum absolute atomic E-state index is 0.308. The van der Waals surface area contributed by atoms with Crippen molar-refractivity contribution in [3.8, 4) is 0 Å². The highest BCUT2D eigenvalue weighted by Gasteiger charge is 2.10. The van der Waals surface area contributed by atoms with Crippen molar-refractivity contribution in [1.29, 1.82) is 0 Å². The third-order valence-electron chi connectivity index (χ3n) is 2.96. The van der Waals surface area contributed by atoms with Crippen LogP contribution in [0.4, 0.5) is 0 Å².